The van der Waals surface area contributed by atoms with Gasteiger partial charge in [0.25, 0.3) is 0 Å². The molecule has 2 aliphatic rings. The third-order valence-electron chi connectivity index (χ3n) is 5.72. The molecule has 0 aromatic heterocycles. The van der Waals surface area contributed by atoms with Crippen LogP contribution >= 0.6 is 24.0 Å². The van der Waals surface area contributed by atoms with Gasteiger partial charge in [0, 0.05) is 39.1 Å². The molecule has 1 atom stereocenters. The summed E-state index contributed by atoms with van der Waals surface area (Å²) in [6.07, 6.45) is 0.922. The van der Waals surface area contributed by atoms with Crippen LogP contribution in [0.25, 0.3) is 0 Å². The molecule has 1 saturated carbocycles. The number of amides is 1. The summed E-state index contributed by atoms with van der Waals surface area (Å²) in [6, 6.07) is 5.95. The van der Waals surface area contributed by atoms with Gasteiger partial charge in [-0.3, -0.25) is 4.79 Å². The Balaban J connectivity index is 0.00000320. The lowest BCUT2D eigenvalue weighted by Gasteiger charge is -2.25. The molecular formula is C21H30F3IN4O. The molecule has 0 radical (unpaired) electrons. The van der Waals surface area contributed by atoms with Crippen LogP contribution in [0, 0.1) is 0 Å². The van der Waals surface area contributed by atoms with Crippen molar-refractivity contribution in [2.24, 2.45) is 4.99 Å². The standard InChI is InChI=1S/C21H29F3N4O.HI/c1-27(2)19(29)13-25-20(26-18-8-3-4-9-18)28-11-10-16(14-28)15-6-5-7-17(12-15)21(22,23)24;/h5-7,12,16,18H,3-4,8-11,13-14H2,1-2H3,(H,25,26);1H. The van der Waals surface area contributed by atoms with E-state index in [2.05, 4.69) is 15.2 Å². The molecule has 0 spiro atoms. The van der Waals surface area contributed by atoms with Crippen molar-refractivity contribution in [2.45, 2.75) is 50.2 Å². The molecule has 9 heteroatoms. The molecular weight excluding hydrogens is 508 g/mol. The number of benzene rings is 1. The van der Waals surface area contributed by atoms with Crippen LogP contribution in [0.15, 0.2) is 29.3 Å². The second-order valence-corrected chi connectivity index (χ2v) is 8.11. The average molecular weight is 538 g/mol. The number of alkyl halides is 3. The number of rotatable bonds is 4. The predicted molar refractivity (Wildman–Crippen MR) is 122 cm³/mol. The minimum absolute atomic E-state index is 0. The number of carbonyl (C=O) groups is 1. The molecule has 3 rings (SSSR count). The summed E-state index contributed by atoms with van der Waals surface area (Å²) in [5.74, 6) is 0.628. The summed E-state index contributed by atoms with van der Waals surface area (Å²) in [5.41, 5.74) is 0.0925. The number of likely N-dealkylation sites (tertiary alicyclic amines) is 1. The van der Waals surface area contributed by atoms with Crippen LogP contribution in [0.1, 0.15) is 49.1 Å². The fraction of sp³-hybridized carbons (Fsp3) is 0.619. The smallest absolute Gasteiger partial charge is 0.353 e. The van der Waals surface area contributed by atoms with E-state index in [1.807, 2.05) is 0 Å². The van der Waals surface area contributed by atoms with Crippen molar-refractivity contribution in [3.05, 3.63) is 35.4 Å². The molecule has 1 saturated heterocycles. The molecule has 1 N–H and O–H groups in total. The molecule has 30 heavy (non-hydrogen) atoms. The number of guanidine groups is 1. The molecule has 1 aromatic carbocycles. The van der Waals surface area contributed by atoms with Crippen LogP contribution in [0.3, 0.4) is 0 Å². The van der Waals surface area contributed by atoms with Gasteiger partial charge >= 0.3 is 6.18 Å². The van der Waals surface area contributed by atoms with Crippen molar-refractivity contribution in [3.63, 3.8) is 0 Å². The summed E-state index contributed by atoms with van der Waals surface area (Å²) in [4.78, 5) is 20.1. The van der Waals surface area contributed by atoms with Gasteiger partial charge in [0.05, 0.1) is 5.56 Å². The van der Waals surface area contributed by atoms with Crippen molar-refractivity contribution < 1.29 is 18.0 Å². The second-order valence-electron chi connectivity index (χ2n) is 8.11. The number of hydrogen-bond acceptors (Lipinski definition) is 2. The average Bonchev–Trinajstić information content (AvgIpc) is 3.36. The Morgan fingerprint density at radius 2 is 1.93 bits per heavy atom. The molecule has 0 bridgehead atoms. The fourth-order valence-corrected chi connectivity index (χ4v) is 3.97. The molecule has 168 valence electrons. The van der Waals surface area contributed by atoms with E-state index in [0.29, 0.717) is 30.7 Å². The second kappa shape index (κ2) is 10.7. The highest BCUT2D eigenvalue weighted by molar-refractivity contribution is 14.0. The van der Waals surface area contributed by atoms with Crippen molar-refractivity contribution in [1.82, 2.24) is 15.1 Å². The summed E-state index contributed by atoms with van der Waals surface area (Å²) in [6.45, 7) is 1.36. The minimum Gasteiger partial charge on any atom is -0.353 e. The van der Waals surface area contributed by atoms with Gasteiger partial charge in [0.2, 0.25) is 5.91 Å². The SMILES string of the molecule is CN(C)C(=O)CN=C(NC1CCCC1)N1CCC(c2cccc(C(F)(F)F)c2)C1.I. The zero-order valence-corrected chi connectivity index (χ0v) is 19.7. The number of likely N-dealkylation sites (N-methyl/N-ethyl adjacent to an activating group) is 1. The van der Waals surface area contributed by atoms with Crippen LogP contribution < -0.4 is 5.32 Å². The minimum atomic E-state index is -4.34. The number of nitrogens with zero attached hydrogens (tertiary/aromatic N) is 3. The highest BCUT2D eigenvalue weighted by Gasteiger charge is 2.33. The van der Waals surface area contributed by atoms with Crippen LogP contribution in [0.5, 0.6) is 0 Å². The molecule has 1 unspecified atom stereocenters. The molecule has 1 amide bonds. The first-order chi connectivity index (χ1) is 13.7. The first-order valence-electron chi connectivity index (χ1n) is 10.2. The Hall–Kier alpha value is -1.52. The lowest BCUT2D eigenvalue weighted by atomic mass is 9.96. The van der Waals surface area contributed by atoms with Crippen molar-refractivity contribution in [1.29, 1.82) is 0 Å². The van der Waals surface area contributed by atoms with Crippen LogP contribution in [0.4, 0.5) is 13.2 Å². The zero-order valence-electron chi connectivity index (χ0n) is 17.4. The summed E-state index contributed by atoms with van der Waals surface area (Å²) < 4.78 is 39.2. The van der Waals surface area contributed by atoms with E-state index >= 15 is 0 Å². The van der Waals surface area contributed by atoms with Gasteiger partial charge in [-0.05, 0) is 30.9 Å². The van der Waals surface area contributed by atoms with E-state index in [1.54, 1.807) is 20.2 Å². The van der Waals surface area contributed by atoms with Crippen molar-refractivity contribution in [3.8, 4) is 0 Å². The number of halogens is 4. The van der Waals surface area contributed by atoms with Gasteiger partial charge in [-0.1, -0.05) is 31.0 Å². The van der Waals surface area contributed by atoms with Gasteiger partial charge in [-0.2, -0.15) is 13.2 Å². The largest absolute Gasteiger partial charge is 0.416 e. The highest BCUT2D eigenvalue weighted by atomic mass is 127. The maximum Gasteiger partial charge on any atom is 0.416 e. The molecule has 5 nitrogen and oxygen atoms in total. The Bertz CT molecular complexity index is 748. The van der Waals surface area contributed by atoms with Crippen LogP contribution in [-0.4, -0.2) is 61.4 Å². The maximum absolute atomic E-state index is 13.1. The first-order valence-corrected chi connectivity index (χ1v) is 10.2. The van der Waals surface area contributed by atoms with E-state index in [9.17, 15) is 18.0 Å². The number of nitrogens with one attached hydrogen (secondary N) is 1. The van der Waals surface area contributed by atoms with E-state index in [-0.39, 0.29) is 42.3 Å². The summed E-state index contributed by atoms with van der Waals surface area (Å²) >= 11 is 0. The number of hydrogen-bond donors (Lipinski definition) is 1. The predicted octanol–water partition coefficient (Wildman–Crippen LogP) is 4.09. The highest BCUT2D eigenvalue weighted by Crippen LogP contribution is 2.34. The van der Waals surface area contributed by atoms with Crippen LogP contribution in [0.2, 0.25) is 0 Å². The fourth-order valence-electron chi connectivity index (χ4n) is 3.97. The van der Waals surface area contributed by atoms with Gasteiger partial charge in [-0.25, -0.2) is 4.99 Å². The Morgan fingerprint density at radius 3 is 2.57 bits per heavy atom. The lowest BCUT2D eigenvalue weighted by Crippen LogP contribution is -2.45. The molecule has 1 aliphatic heterocycles. The first kappa shape index (κ1) is 24.7. The van der Waals surface area contributed by atoms with E-state index in [1.165, 1.54) is 29.9 Å². The van der Waals surface area contributed by atoms with Crippen molar-refractivity contribution >= 4 is 35.8 Å². The van der Waals surface area contributed by atoms with E-state index in [4.69, 9.17) is 0 Å². The summed E-state index contributed by atoms with van der Waals surface area (Å²) in [5, 5.41) is 3.49. The molecule has 1 aromatic rings. The van der Waals surface area contributed by atoms with Crippen molar-refractivity contribution in [2.75, 3.05) is 33.7 Å². The Labute approximate surface area is 193 Å². The molecule has 1 heterocycles. The van der Waals surface area contributed by atoms with Gasteiger partial charge < -0.3 is 15.1 Å². The quantitative estimate of drug-likeness (QED) is 0.357. The normalized spacial score (nSPS) is 20.2. The monoisotopic (exact) mass is 538 g/mol. The maximum atomic E-state index is 13.1. The Kier molecular flexibility index (Phi) is 8.81. The topological polar surface area (TPSA) is 47.9 Å². The third-order valence-corrected chi connectivity index (χ3v) is 5.72. The third kappa shape index (κ3) is 6.49. The Morgan fingerprint density at radius 1 is 1.23 bits per heavy atom. The lowest BCUT2D eigenvalue weighted by molar-refractivity contribution is -0.137. The number of aliphatic imine (C=N–C) groups is 1. The number of carbonyl (C=O) groups excluding carboxylic acids is 1. The summed E-state index contributed by atoms with van der Waals surface area (Å²) in [7, 11) is 3.39. The zero-order chi connectivity index (χ0) is 21.0. The van der Waals surface area contributed by atoms with E-state index in [0.717, 1.165) is 25.3 Å². The van der Waals surface area contributed by atoms with Crippen LogP contribution in [-0.2, 0) is 11.0 Å². The van der Waals surface area contributed by atoms with E-state index < -0.39 is 11.7 Å². The molecule has 2 fully saturated rings. The van der Waals surface area contributed by atoms with Gasteiger partial charge in [0.15, 0.2) is 5.96 Å². The molecule has 1 aliphatic carbocycles. The van der Waals surface area contributed by atoms with Gasteiger partial charge in [-0.15, -0.1) is 24.0 Å². The van der Waals surface area contributed by atoms with Gasteiger partial charge in [0.1, 0.15) is 6.54 Å².